The minimum Gasteiger partial charge on any atom is -0.309 e. The van der Waals surface area contributed by atoms with Gasteiger partial charge in [0.15, 0.2) is 0 Å². The summed E-state index contributed by atoms with van der Waals surface area (Å²) < 4.78 is 0. The summed E-state index contributed by atoms with van der Waals surface area (Å²) in [4.78, 5) is 4.89. The third kappa shape index (κ3) is 5.38. The summed E-state index contributed by atoms with van der Waals surface area (Å²) in [5, 5.41) is 14.9. The van der Waals surface area contributed by atoms with E-state index >= 15 is 0 Å². The van der Waals surface area contributed by atoms with Gasteiger partial charge in [0.25, 0.3) is 0 Å². The van der Waals surface area contributed by atoms with Gasteiger partial charge in [-0.2, -0.15) is 0 Å². The lowest BCUT2D eigenvalue weighted by molar-refractivity contribution is 1.32. The quantitative estimate of drug-likeness (QED) is 0.117. The molecule has 1 aromatic heterocycles. The highest BCUT2D eigenvalue weighted by Gasteiger charge is 2.19. The molecule has 0 saturated heterocycles. The van der Waals surface area contributed by atoms with Crippen LogP contribution < -0.4 is 0 Å². The predicted molar refractivity (Wildman–Crippen MR) is 198 cm³/mol. The van der Waals surface area contributed by atoms with Crippen molar-refractivity contribution in [2.24, 2.45) is 0 Å². The molecule has 0 aliphatic carbocycles. The molecule has 0 saturated carbocycles. The zero-order valence-corrected chi connectivity index (χ0v) is 25.4. The Bertz CT molecular complexity index is 2300. The van der Waals surface area contributed by atoms with E-state index in [1.807, 2.05) is 30.5 Å². The van der Waals surface area contributed by atoms with Crippen LogP contribution in [0.3, 0.4) is 0 Å². The maximum Gasteiger partial charge on any atom is 0.0714 e. The summed E-state index contributed by atoms with van der Waals surface area (Å²) in [6.07, 6.45) is 6.66. The Morgan fingerprint density at radius 1 is 0.543 bits per heavy atom. The SMILES string of the molecule is C=C/C(=C\C=N)c1ccnc(-c2ccccccccc2-c2c3ccccc3c(-c3ccc4ccccc4c3)c3ccccc23)c1. The van der Waals surface area contributed by atoms with Crippen LogP contribution in [0.4, 0.5) is 0 Å². The van der Waals surface area contributed by atoms with Gasteiger partial charge in [0.1, 0.15) is 0 Å². The molecule has 0 aliphatic heterocycles. The first-order chi connectivity index (χ1) is 22.8. The topological polar surface area (TPSA) is 36.7 Å². The molecule has 2 nitrogen and oxygen atoms in total. The molecule has 0 aliphatic rings. The highest BCUT2D eigenvalue weighted by atomic mass is 14.7. The largest absolute Gasteiger partial charge is 0.309 e. The minimum absolute atomic E-state index is 0.843. The first kappa shape index (κ1) is 28.6. The Kier molecular flexibility index (Phi) is 8.00. The summed E-state index contributed by atoms with van der Waals surface area (Å²) in [5.74, 6) is 0. The van der Waals surface area contributed by atoms with Crippen molar-refractivity contribution in [1.82, 2.24) is 4.98 Å². The molecule has 218 valence electrons. The zero-order valence-electron chi connectivity index (χ0n) is 25.4. The Hall–Kier alpha value is -6.12. The first-order valence-corrected chi connectivity index (χ1v) is 15.4. The van der Waals surface area contributed by atoms with E-state index in [1.54, 1.807) is 12.2 Å². The Morgan fingerprint density at radius 2 is 1.11 bits per heavy atom. The predicted octanol–water partition coefficient (Wildman–Crippen LogP) is 11.9. The van der Waals surface area contributed by atoms with Crippen molar-refractivity contribution in [2.45, 2.75) is 0 Å². The summed E-state index contributed by atoms with van der Waals surface area (Å²) in [5.41, 5.74) is 8.36. The van der Waals surface area contributed by atoms with Gasteiger partial charge in [-0.05, 0) is 90.0 Å². The van der Waals surface area contributed by atoms with Crippen molar-refractivity contribution in [1.29, 1.82) is 5.41 Å². The standard InChI is InChI=1S/C44H32N2/c1-2-31(25-27-45)34-26-28-46-42(30-34)36-17-7-5-3-4-6-8-18-37(36)44-40-21-13-11-19-38(40)43(39-20-12-14-22-41(39)44)35-24-23-32-15-9-10-16-33(32)29-35/h2-30,45H,1H2/b4-3?,5-3?,6-4?,7-5?,8-6?,17-7?,18-8?,31-25+,36-17?,37-18?,37-36?,45-27?. The van der Waals surface area contributed by atoms with Crippen LogP contribution in [-0.4, -0.2) is 11.2 Å². The van der Waals surface area contributed by atoms with E-state index in [0.29, 0.717) is 0 Å². The number of rotatable bonds is 6. The Morgan fingerprint density at radius 3 is 1.76 bits per heavy atom. The van der Waals surface area contributed by atoms with Crippen LogP contribution in [0.15, 0.2) is 177 Å². The number of allylic oxidation sites excluding steroid dienone is 3. The van der Waals surface area contributed by atoms with Gasteiger partial charge >= 0.3 is 0 Å². The molecule has 7 rings (SSSR count). The minimum atomic E-state index is 0.843. The van der Waals surface area contributed by atoms with E-state index in [-0.39, 0.29) is 0 Å². The third-order valence-electron chi connectivity index (χ3n) is 8.46. The van der Waals surface area contributed by atoms with Crippen LogP contribution in [0, 0.1) is 5.41 Å². The van der Waals surface area contributed by atoms with Crippen LogP contribution in [0.1, 0.15) is 5.56 Å². The molecule has 0 amide bonds. The van der Waals surface area contributed by atoms with Crippen LogP contribution in [0.25, 0.3) is 71.4 Å². The van der Waals surface area contributed by atoms with E-state index in [2.05, 4.69) is 134 Å². The zero-order chi connectivity index (χ0) is 31.3. The fraction of sp³-hybridized carbons (Fsp3) is 0. The van der Waals surface area contributed by atoms with E-state index in [1.165, 1.54) is 49.7 Å². The fourth-order valence-corrected chi connectivity index (χ4v) is 6.38. The molecule has 0 unspecified atom stereocenters. The number of hydrogen-bond acceptors (Lipinski definition) is 2. The van der Waals surface area contributed by atoms with Crippen molar-refractivity contribution in [3.8, 4) is 33.5 Å². The normalized spacial score (nSPS) is 11.3. The number of hydrogen-bond donors (Lipinski definition) is 1. The summed E-state index contributed by atoms with van der Waals surface area (Å²) in [7, 11) is 0. The molecule has 1 N–H and O–H groups in total. The van der Waals surface area contributed by atoms with Gasteiger partial charge in [-0.1, -0.05) is 146 Å². The molecule has 6 aromatic carbocycles. The van der Waals surface area contributed by atoms with Gasteiger partial charge < -0.3 is 5.41 Å². The lowest BCUT2D eigenvalue weighted by Crippen LogP contribution is -1.93. The maximum atomic E-state index is 7.64. The lowest BCUT2D eigenvalue weighted by atomic mass is 9.84. The molecule has 46 heavy (non-hydrogen) atoms. The molecule has 1 heterocycles. The summed E-state index contributed by atoms with van der Waals surface area (Å²) in [6.45, 7) is 3.98. The number of aromatic nitrogens is 1. The number of benzene rings is 5. The summed E-state index contributed by atoms with van der Waals surface area (Å²) >= 11 is 0. The van der Waals surface area contributed by atoms with Crippen LogP contribution in [-0.2, 0) is 0 Å². The van der Waals surface area contributed by atoms with Gasteiger partial charge in [-0.15, -0.1) is 0 Å². The Balaban J connectivity index is 1.60. The maximum absolute atomic E-state index is 7.64. The van der Waals surface area contributed by atoms with Crippen LogP contribution in [0.5, 0.6) is 0 Å². The van der Waals surface area contributed by atoms with Crippen molar-refractivity contribution < 1.29 is 0 Å². The van der Waals surface area contributed by atoms with E-state index in [4.69, 9.17) is 10.4 Å². The molecule has 0 spiro atoms. The Labute approximate surface area is 269 Å². The van der Waals surface area contributed by atoms with Gasteiger partial charge in [0, 0.05) is 18.0 Å². The van der Waals surface area contributed by atoms with Gasteiger partial charge in [0.2, 0.25) is 0 Å². The molecule has 0 bridgehead atoms. The smallest absolute Gasteiger partial charge is 0.0714 e. The lowest BCUT2D eigenvalue weighted by Gasteiger charge is -2.19. The van der Waals surface area contributed by atoms with Gasteiger partial charge in [-0.3, -0.25) is 4.98 Å². The number of fused-ring (bicyclic) bond motifs is 3. The number of nitrogens with one attached hydrogen (secondary N) is 1. The second-order valence-corrected chi connectivity index (χ2v) is 11.1. The fourth-order valence-electron chi connectivity index (χ4n) is 6.38. The van der Waals surface area contributed by atoms with Gasteiger partial charge in [0.05, 0.1) is 5.69 Å². The summed E-state index contributed by atoms with van der Waals surface area (Å²) in [6, 6.07) is 53.6. The van der Waals surface area contributed by atoms with Crippen molar-refractivity contribution >= 4 is 44.1 Å². The van der Waals surface area contributed by atoms with E-state index in [0.717, 1.165) is 33.5 Å². The van der Waals surface area contributed by atoms with Crippen molar-refractivity contribution in [3.05, 3.63) is 182 Å². The first-order valence-electron chi connectivity index (χ1n) is 15.4. The van der Waals surface area contributed by atoms with Crippen LogP contribution >= 0.6 is 0 Å². The van der Waals surface area contributed by atoms with Gasteiger partial charge in [-0.25, -0.2) is 0 Å². The monoisotopic (exact) mass is 588 g/mol. The highest BCUT2D eigenvalue weighted by molar-refractivity contribution is 6.22. The average Bonchev–Trinajstić information content (AvgIpc) is 3.11. The molecule has 0 fully saturated rings. The highest BCUT2D eigenvalue weighted by Crippen LogP contribution is 2.45. The second kappa shape index (κ2) is 12.9. The molecular weight excluding hydrogens is 556 g/mol. The van der Waals surface area contributed by atoms with Crippen molar-refractivity contribution in [3.63, 3.8) is 0 Å². The molecule has 0 radical (unpaired) electrons. The molecule has 2 heteroatoms. The average molecular weight is 589 g/mol. The number of nitrogens with zero attached hydrogens (tertiary/aromatic N) is 1. The third-order valence-corrected chi connectivity index (χ3v) is 8.46. The number of pyridine rings is 1. The van der Waals surface area contributed by atoms with Crippen LogP contribution in [0.2, 0.25) is 0 Å². The van der Waals surface area contributed by atoms with E-state index < -0.39 is 0 Å². The van der Waals surface area contributed by atoms with E-state index in [9.17, 15) is 0 Å². The second-order valence-electron chi connectivity index (χ2n) is 11.1. The molecule has 7 aromatic rings. The molecule has 0 atom stereocenters. The van der Waals surface area contributed by atoms with Crippen molar-refractivity contribution in [2.75, 3.05) is 0 Å². The molecular formula is C44H32N2.